The van der Waals surface area contributed by atoms with Crippen molar-refractivity contribution in [3.63, 3.8) is 0 Å². The highest BCUT2D eigenvalue weighted by molar-refractivity contribution is 7.63. The number of halogens is 2. The predicted molar refractivity (Wildman–Crippen MR) is 223 cm³/mol. The van der Waals surface area contributed by atoms with E-state index in [1.807, 2.05) is 6.07 Å². The molecule has 2 aliphatic heterocycles. The van der Waals surface area contributed by atoms with Gasteiger partial charge in [-0.05, 0) is 87.6 Å². The van der Waals surface area contributed by atoms with Crippen LogP contribution in [0.4, 0.5) is 10.6 Å². The molecule has 1 N–H and O–H groups in total. The summed E-state index contributed by atoms with van der Waals surface area (Å²) in [6.07, 6.45) is -2.43. The van der Waals surface area contributed by atoms with Gasteiger partial charge in [-0.15, -0.1) is 5.10 Å². The van der Waals surface area contributed by atoms with Gasteiger partial charge in [-0.25, -0.2) is 14.2 Å². The van der Waals surface area contributed by atoms with Crippen molar-refractivity contribution >= 4 is 61.4 Å². The molecule has 1 amide bonds. The quantitative estimate of drug-likeness (QED) is 0.0563. The third-order valence-corrected chi connectivity index (χ3v) is 14.6. The van der Waals surface area contributed by atoms with Gasteiger partial charge in [0, 0.05) is 26.1 Å². The van der Waals surface area contributed by atoms with Crippen molar-refractivity contribution in [3.05, 3.63) is 52.2 Å². The maximum Gasteiger partial charge on any atom is 0.416 e. The van der Waals surface area contributed by atoms with Gasteiger partial charge in [0.1, 0.15) is 37.8 Å². The van der Waals surface area contributed by atoms with E-state index in [9.17, 15) is 14.5 Å². The maximum atomic E-state index is 14.0. The number of benzene rings is 1. The van der Waals surface area contributed by atoms with Gasteiger partial charge in [-0.1, -0.05) is 49.4 Å². The summed E-state index contributed by atoms with van der Waals surface area (Å²) in [5.74, 6) is -0.558. The van der Waals surface area contributed by atoms with Crippen LogP contribution in [0, 0.1) is 0 Å². The Morgan fingerprint density at radius 3 is 2.47 bits per heavy atom. The molecule has 0 bridgehead atoms. The zero-order valence-corrected chi connectivity index (χ0v) is 38.5. The van der Waals surface area contributed by atoms with Crippen LogP contribution < -0.4 is 4.90 Å². The molecule has 0 saturated carbocycles. The van der Waals surface area contributed by atoms with Crippen LogP contribution >= 0.6 is 30.3 Å². The molecule has 18 nitrogen and oxygen atoms in total. The molecule has 2 fully saturated rings. The van der Waals surface area contributed by atoms with Gasteiger partial charge in [-0.3, -0.25) is 4.90 Å². The molecular weight excluding hydrogens is 844 g/mol. The minimum absolute atomic E-state index is 0.000701. The average Bonchev–Trinajstić information content (AvgIpc) is 3.89. The molecule has 0 aliphatic carbocycles. The normalized spacial score (nSPS) is 21.8. The van der Waals surface area contributed by atoms with Gasteiger partial charge in [0.25, 0.3) is 0 Å². The monoisotopic (exact) mass is 897 g/mol. The van der Waals surface area contributed by atoms with Gasteiger partial charge in [0.05, 0.1) is 31.3 Å². The standard InChI is InChI=1S/C37H54Cl2N9O9PSi/c1-35(2,3)57-34(50)46(19-23-13-11-12-14-25(23)38)30-24-18-40-48(31(24)42-33(39)41-30)32-29-28(55-36(4,5)56-29)26(54-32)20-53-37(21-49,58(6,7)51)17-27-43-44-45-47(27)22-52-15-16-59(8,9)10/h11-14,18,26,28-29,32,49H,15-17,19-22H2,1-10H3/t26-,28-,29-,32-,37-/m1/s1. The van der Waals surface area contributed by atoms with E-state index in [-0.39, 0.29) is 43.1 Å². The van der Waals surface area contributed by atoms with Crippen LogP contribution in [0.5, 0.6) is 0 Å². The highest BCUT2D eigenvalue weighted by Gasteiger charge is 2.57. The fraction of sp³-hybridized carbons (Fsp3) is 0.649. The second kappa shape index (κ2) is 17.3. The molecule has 5 heterocycles. The molecule has 0 radical (unpaired) electrons. The van der Waals surface area contributed by atoms with Crippen molar-refractivity contribution in [2.24, 2.45) is 0 Å². The van der Waals surface area contributed by atoms with Gasteiger partial charge in [0.2, 0.25) is 5.28 Å². The summed E-state index contributed by atoms with van der Waals surface area (Å²) in [7, 11) is -4.57. The Balaban J connectivity index is 1.29. The molecule has 2 aliphatic rings. The number of ether oxygens (including phenoxy) is 6. The number of hydrogen-bond donors (Lipinski definition) is 1. The van der Waals surface area contributed by atoms with Crippen LogP contribution in [0.15, 0.2) is 30.5 Å². The number of aromatic nitrogens is 8. The zero-order valence-electron chi connectivity index (χ0n) is 35.1. The number of nitrogens with zero attached hydrogens (tertiary/aromatic N) is 9. The minimum Gasteiger partial charge on any atom is -0.443 e. The van der Waals surface area contributed by atoms with Crippen molar-refractivity contribution in [2.75, 3.05) is 38.1 Å². The molecule has 324 valence electrons. The SMILES string of the molecule is CC(C)(C)OC(=O)N(Cc1ccccc1Cl)c1nc(Cl)nc2c1cnn2[C@@H]1O[C@H](CO[C@](CO)(Cc2nnnn2COCC[Si](C)(C)C)P(C)(C)=O)[C@H]2OC(C)(C)O[C@H]21. The number of carbonyl (C=O) groups excluding carboxylic acids is 1. The van der Waals surface area contributed by atoms with Crippen molar-refractivity contribution in [2.45, 2.75) is 121 Å². The number of rotatable bonds is 16. The van der Waals surface area contributed by atoms with Crippen molar-refractivity contribution < 1.29 is 42.9 Å². The van der Waals surface area contributed by atoms with Crippen LogP contribution in [0.3, 0.4) is 0 Å². The lowest BCUT2D eigenvalue weighted by Crippen LogP contribution is -2.44. The van der Waals surface area contributed by atoms with Gasteiger partial charge < -0.3 is 38.1 Å². The first-order valence-corrected chi connectivity index (χ1v) is 26.3. The van der Waals surface area contributed by atoms with Crippen molar-refractivity contribution in [1.82, 2.24) is 40.0 Å². The Bertz CT molecular complexity index is 2180. The third kappa shape index (κ3) is 10.5. The molecule has 2 saturated heterocycles. The van der Waals surface area contributed by atoms with E-state index >= 15 is 0 Å². The van der Waals surface area contributed by atoms with Gasteiger partial charge >= 0.3 is 6.09 Å². The van der Waals surface area contributed by atoms with E-state index in [0.717, 1.165) is 6.04 Å². The van der Waals surface area contributed by atoms with Crippen LogP contribution in [-0.2, 0) is 52.7 Å². The van der Waals surface area contributed by atoms with E-state index in [1.165, 1.54) is 20.5 Å². The Kier molecular flexibility index (Phi) is 13.4. The van der Waals surface area contributed by atoms with Gasteiger partial charge in [0.15, 0.2) is 34.6 Å². The highest BCUT2D eigenvalue weighted by Crippen LogP contribution is 2.54. The van der Waals surface area contributed by atoms with Crippen LogP contribution in [-0.4, -0.2) is 127 Å². The summed E-state index contributed by atoms with van der Waals surface area (Å²) in [6, 6.07) is 8.09. The maximum absolute atomic E-state index is 14.0. The third-order valence-electron chi connectivity index (χ3n) is 9.92. The number of hydrogen-bond acceptors (Lipinski definition) is 15. The summed E-state index contributed by atoms with van der Waals surface area (Å²) in [4.78, 5) is 24.1. The molecule has 6 rings (SSSR count). The summed E-state index contributed by atoms with van der Waals surface area (Å²) in [5.41, 5.74) is 0.0460. The summed E-state index contributed by atoms with van der Waals surface area (Å²) in [5, 5.41) is 26.7. The molecule has 59 heavy (non-hydrogen) atoms. The molecule has 0 unspecified atom stereocenters. The Morgan fingerprint density at radius 2 is 1.81 bits per heavy atom. The number of aliphatic hydroxyl groups excluding tert-OH is 1. The number of tetrazole rings is 1. The Morgan fingerprint density at radius 1 is 1.10 bits per heavy atom. The molecule has 5 atom stereocenters. The second-order valence-corrected chi connectivity index (χ2v) is 27.7. The lowest BCUT2D eigenvalue weighted by molar-refractivity contribution is -0.206. The van der Waals surface area contributed by atoms with E-state index in [1.54, 1.807) is 66.1 Å². The van der Waals surface area contributed by atoms with Crippen molar-refractivity contribution in [1.29, 1.82) is 0 Å². The number of anilines is 1. The summed E-state index contributed by atoms with van der Waals surface area (Å²) >= 11 is 13.1. The predicted octanol–water partition coefficient (Wildman–Crippen LogP) is 6.36. The molecular formula is C37H54Cl2N9O9PSi. The lowest BCUT2D eigenvalue weighted by Gasteiger charge is -2.36. The highest BCUT2D eigenvalue weighted by atomic mass is 35.5. The largest absolute Gasteiger partial charge is 0.443 e. The first kappa shape index (κ1) is 45.4. The number of fused-ring (bicyclic) bond motifs is 2. The van der Waals surface area contributed by atoms with Crippen LogP contribution in [0.2, 0.25) is 36.0 Å². The molecule has 22 heteroatoms. The van der Waals surface area contributed by atoms with E-state index < -0.39 is 69.2 Å². The summed E-state index contributed by atoms with van der Waals surface area (Å²) < 4.78 is 54.5. The fourth-order valence-electron chi connectivity index (χ4n) is 6.74. The minimum atomic E-state index is -3.24. The average molecular weight is 899 g/mol. The van der Waals surface area contributed by atoms with Gasteiger partial charge in [-0.2, -0.15) is 15.1 Å². The van der Waals surface area contributed by atoms with Crippen LogP contribution in [0.1, 0.15) is 52.2 Å². The lowest BCUT2D eigenvalue weighted by atomic mass is 10.1. The van der Waals surface area contributed by atoms with E-state index in [2.05, 4.69) is 50.2 Å². The first-order chi connectivity index (χ1) is 27.5. The van der Waals surface area contributed by atoms with E-state index in [4.69, 9.17) is 51.6 Å². The van der Waals surface area contributed by atoms with E-state index in [0.29, 0.717) is 28.4 Å². The fourth-order valence-corrected chi connectivity index (χ4v) is 9.10. The zero-order chi connectivity index (χ0) is 43.1. The number of aliphatic hydroxyl groups is 1. The van der Waals surface area contributed by atoms with Crippen molar-refractivity contribution in [3.8, 4) is 0 Å². The summed E-state index contributed by atoms with van der Waals surface area (Å²) in [6.45, 7) is 18.6. The second-order valence-electron chi connectivity index (χ2n) is 17.8. The number of carbonyl (C=O) groups is 1. The first-order valence-electron chi connectivity index (χ1n) is 19.3. The molecule has 3 aromatic heterocycles. The van der Waals surface area contributed by atoms with Crippen LogP contribution in [0.25, 0.3) is 11.0 Å². The topological polar surface area (TPSA) is 200 Å². The smallest absolute Gasteiger partial charge is 0.416 e. The molecule has 0 spiro atoms. The molecule has 1 aromatic carbocycles. The molecule has 4 aromatic rings. The number of amides is 1. The Hall–Kier alpha value is -3.10. The Labute approximate surface area is 354 Å².